The minimum absolute atomic E-state index is 0.0269. The van der Waals surface area contributed by atoms with Gasteiger partial charge in [-0.15, -0.1) is 11.8 Å². The molecule has 2 rings (SSSR count). The van der Waals surface area contributed by atoms with E-state index in [4.69, 9.17) is 0 Å². The zero-order valence-corrected chi connectivity index (χ0v) is 12.4. The molecule has 0 atom stereocenters. The predicted octanol–water partition coefficient (Wildman–Crippen LogP) is 2.84. The summed E-state index contributed by atoms with van der Waals surface area (Å²) in [6, 6.07) is 4.49. The molecule has 0 aliphatic heterocycles. The van der Waals surface area contributed by atoms with Crippen molar-refractivity contribution in [3.8, 4) is 0 Å². The van der Waals surface area contributed by atoms with E-state index in [-0.39, 0.29) is 22.6 Å². The second-order valence-electron chi connectivity index (χ2n) is 5.14. The summed E-state index contributed by atoms with van der Waals surface area (Å²) in [7, 11) is 1.37. The minimum atomic E-state index is -0.572. The molecule has 1 aliphatic carbocycles. The van der Waals surface area contributed by atoms with Crippen LogP contribution < -0.4 is 0 Å². The molecule has 112 valence electrons. The number of methoxy groups -OCH3 is 1. The monoisotopic (exact) mass is 309 g/mol. The smallest absolute Gasteiger partial charge is 0.306 e. The minimum Gasteiger partial charge on any atom is -0.469 e. The Morgan fingerprint density at radius 3 is 2.76 bits per heavy atom. The van der Waals surface area contributed by atoms with Gasteiger partial charge < -0.3 is 4.74 Å². The van der Waals surface area contributed by atoms with Gasteiger partial charge in [-0.25, -0.2) is 0 Å². The van der Waals surface area contributed by atoms with Crippen molar-refractivity contribution in [2.24, 2.45) is 5.41 Å². The summed E-state index contributed by atoms with van der Waals surface area (Å²) >= 11 is 1.50. The van der Waals surface area contributed by atoms with E-state index in [2.05, 4.69) is 4.74 Å². The van der Waals surface area contributed by atoms with Gasteiger partial charge in [-0.05, 0) is 30.4 Å². The number of carbonyl (C=O) groups is 2. The van der Waals surface area contributed by atoms with Crippen LogP contribution in [0.5, 0.6) is 0 Å². The summed E-state index contributed by atoms with van der Waals surface area (Å²) in [5.74, 6) is 0.517. The third-order valence-corrected chi connectivity index (χ3v) is 4.92. The van der Waals surface area contributed by atoms with Crippen LogP contribution in [0.15, 0.2) is 23.1 Å². The van der Waals surface area contributed by atoms with Gasteiger partial charge in [-0.1, -0.05) is 0 Å². The fraction of sp³-hybridized carbons (Fsp3) is 0.429. The number of nitrogens with zero attached hydrogens (tertiary/aromatic N) is 1. The third-order valence-electron chi connectivity index (χ3n) is 3.57. The van der Waals surface area contributed by atoms with Crippen molar-refractivity contribution in [2.45, 2.75) is 24.2 Å². The number of aldehydes is 1. The summed E-state index contributed by atoms with van der Waals surface area (Å²) in [4.78, 5) is 33.2. The molecular formula is C14H15NO5S. The number of nitro benzene ring substituents is 1. The van der Waals surface area contributed by atoms with Gasteiger partial charge in [0.25, 0.3) is 5.69 Å². The fourth-order valence-corrected chi connectivity index (χ4v) is 3.28. The summed E-state index contributed by atoms with van der Waals surface area (Å²) in [6.45, 7) is 0. The van der Waals surface area contributed by atoms with Crippen molar-refractivity contribution >= 4 is 29.7 Å². The number of nitro groups is 1. The first kappa shape index (κ1) is 15.5. The molecule has 6 nitrogen and oxygen atoms in total. The second-order valence-corrected chi connectivity index (χ2v) is 6.19. The van der Waals surface area contributed by atoms with E-state index in [0.717, 1.165) is 23.5 Å². The maximum Gasteiger partial charge on any atom is 0.306 e. The first-order valence-corrected chi connectivity index (χ1v) is 7.41. The van der Waals surface area contributed by atoms with E-state index in [9.17, 15) is 19.7 Å². The molecule has 0 bridgehead atoms. The van der Waals surface area contributed by atoms with Crippen LogP contribution in [0.1, 0.15) is 29.6 Å². The van der Waals surface area contributed by atoms with Crippen LogP contribution >= 0.6 is 11.8 Å². The van der Waals surface area contributed by atoms with Crippen LogP contribution in [-0.2, 0) is 9.53 Å². The standard InChI is InChI=1S/C14H15NO5S/c1-20-13(17)7-14(4-5-14)9-21-11-2-3-12(15(18)19)10(6-11)8-16/h2-3,6,8H,4-5,7,9H2,1H3. The van der Waals surface area contributed by atoms with Crippen molar-refractivity contribution in [1.29, 1.82) is 0 Å². The van der Waals surface area contributed by atoms with Gasteiger partial charge in [0.05, 0.1) is 24.0 Å². The molecule has 1 aromatic rings. The maximum absolute atomic E-state index is 11.3. The molecule has 0 radical (unpaired) electrons. The fourth-order valence-electron chi connectivity index (χ4n) is 2.05. The molecule has 1 aromatic carbocycles. The van der Waals surface area contributed by atoms with E-state index in [1.54, 1.807) is 6.07 Å². The van der Waals surface area contributed by atoms with Crippen molar-refractivity contribution in [3.05, 3.63) is 33.9 Å². The Hall–Kier alpha value is -1.89. The Bertz CT molecular complexity index is 583. The van der Waals surface area contributed by atoms with Gasteiger partial charge in [0.2, 0.25) is 0 Å². The number of carbonyl (C=O) groups excluding carboxylic acids is 2. The molecule has 0 saturated heterocycles. The lowest BCUT2D eigenvalue weighted by atomic mass is 10.1. The molecule has 0 unspecified atom stereocenters. The summed E-state index contributed by atoms with van der Waals surface area (Å²) < 4.78 is 4.69. The van der Waals surface area contributed by atoms with Gasteiger partial charge in [0, 0.05) is 16.7 Å². The normalized spacial score (nSPS) is 15.3. The highest BCUT2D eigenvalue weighted by Crippen LogP contribution is 2.52. The van der Waals surface area contributed by atoms with Gasteiger partial charge in [-0.2, -0.15) is 0 Å². The second kappa shape index (κ2) is 6.26. The number of hydrogen-bond donors (Lipinski definition) is 0. The molecule has 21 heavy (non-hydrogen) atoms. The van der Waals surface area contributed by atoms with Crippen LogP contribution in [0, 0.1) is 15.5 Å². The number of ether oxygens (including phenoxy) is 1. The topological polar surface area (TPSA) is 86.5 Å². The Kier molecular flexibility index (Phi) is 4.62. The number of esters is 1. The number of benzene rings is 1. The lowest BCUT2D eigenvalue weighted by Crippen LogP contribution is -2.13. The lowest BCUT2D eigenvalue weighted by Gasteiger charge is -2.13. The molecule has 0 heterocycles. The number of hydrogen-bond acceptors (Lipinski definition) is 6. The lowest BCUT2D eigenvalue weighted by molar-refractivity contribution is -0.385. The van der Waals surface area contributed by atoms with Gasteiger partial charge in [-0.3, -0.25) is 19.7 Å². The van der Waals surface area contributed by atoms with Crippen LogP contribution in [0.2, 0.25) is 0 Å². The van der Waals surface area contributed by atoms with Crippen LogP contribution in [0.4, 0.5) is 5.69 Å². The first-order chi connectivity index (χ1) is 9.99. The average Bonchev–Trinajstić information content (AvgIpc) is 3.24. The summed E-state index contributed by atoms with van der Waals surface area (Å²) in [6.07, 6.45) is 2.83. The van der Waals surface area contributed by atoms with Crippen molar-refractivity contribution in [1.82, 2.24) is 0 Å². The van der Waals surface area contributed by atoms with E-state index in [1.165, 1.54) is 31.0 Å². The molecule has 0 aromatic heterocycles. The molecule has 1 aliphatic rings. The highest BCUT2D eigenvalue weighted by Gasteiger charge is 2.44. The number of thioether (sulfide) groups is 1. The zero-order chi connectivity index (χ0) is 15.5. The predicted molar refractivity (Wildman–Crippen MR) is 77.5 cm³/mol. The van der Waals surface area contributed by atoms with E-state index in [1.807, 2.05) is 0 Å². The Labute approximate surface area is 126 Å². The van der Waals surface area contributed by atoms with Crippen LogP contribution in [0.25, 0.3) is 0 Å². The van der Waals surface area contributed by atoms with Gasteiger partial charge in [0.15, 0.2) is 6.29 Å². The molecule has 0 N–H and O–H groups in total. The third kappa shape index (κ3) is 3.81. The summed E-state index contributed by atoms with van der Waals surface area (Å²) in [5, 5.41) is 10.8. The van der Waals surface area contributed by atoms with Gasteiger partial charge in [0.1, 0.15) is 0 Å². The molecule has 0 spiro atoms. The zero-order valence-electron chi connectivity index (χ0n) is 11.5. The largest absolute Gasteiger partial charge is 0.469 e. The van der Waals surface area contributed by atoms with Crippen LogP contribution in [-0.4, -0.2) is 30.0 Å². The average molecular weight is 309 g/mol. The van der Waals surface area contributed by atoms with Crippen molar-refractivity contribution in [2.75, 3.05) is 12.9 Å². The Morgan fingerprint density at radius 2 is 2.24 bits per heavy atom. The Balaban J connectivity index is 2.02. The molecular weight excluding hydrogens is 294 g/mol. The maximum atomic E-state index is 11.3. The SMILES string of the molecule is COC(=O)CC1(CSc2ccc([N+](=O)[O-])c(C=O)c2)CC1. The number of rotatable bonds is 7. The van der Waals surface area contributed by atoms with Crippen LogP contribution in [0.3, 0.4) is 0 Å². The van der Waals surface area contributed by atoms with E-state index < -0.39 is 4.92 Å². The molecule has 1 fully saturated rings. The Morgan fingerprint density at radius 1 is 1.52 bits per heavy atom. The van der Waals surface area contributed by atoms with Crippen molar-refractivity contribution < 1.29 is 19.2 Å². The van der Waals surface area contributed by atoms with Crippen molar-refractivity contribution in [3.63, 3.8) is 0 Å². The van der Waals surface area contributed by atoms with E-state index in [0.29, 0.717) is 12.7 Å². The summed E-state index contributed by atoms with van der Waals surface area (Å²) in [5.41, 5.74) is -0.145. The highest BCUT2D eigenvalue weighted by atomic mass is 32.2. The first-order valence-electron chi connectivity index (χ1n) is 6.43. The molecule has 7 heteroatoms. The van der Waals surface area contributed by atoms with E-state index >= 15 is 0 Å². The molecule has 0 amide bonds. The molecule has 1 saturated carbocycles. The quantitative estimate of drug-likeness (QED) is 0.253. The van der Waals surface area contributed by atoms with Gasteiger partial charge >= 0.3 is 5.97 Å². The highest BCUT2D eigenvalue weighted by molar-refractivity contribution is 7.99.